The first kappa shape index (κ1) is 23.4. The van der Waals surface area contributed by atoms with E-state index in [2.05, 4.69) is 0 Å². The van der Waals surface area contributed by atoms with Crippen molar-refractivity contribution in [2.75, 3.05) is 0 Å². The fraction of sp³-hybridized carbons (Fsp3) is 0.333. The maximum Gasteiger partial charge on any atom is 0.453 e. The molecule has 0 aliphatic carbocycles. The second-order valence-corrected chi connectivity index (χ2v) is 7.55. The van der Waals surface area contributed by atoms with Crippen LogP contribution >= 0.6 is 0 Å². The molecule has 0 unspecified atom stereocenters. The summed E-state index contributed by atoms with van der Waals surface area (Å²) < 4.78 is 57.0. The molecule has 2 aromatic carbocycles. The summed E-state index contributed by atoms with van der Waals surface area (Å²) in [4.78, 5) is 25.1. The molecule has 5 nitrogen and oxygen atoms in total. The monoisotopic (exact) mass is 448 g/mol. The van der Waals surface area contributed by atoms with Gasteiger partial charge in [-0.2, -0.15) is 13.2 Å². The van der Waals surface area contributed by atoms with Gasteiger partial charge in [-0.25, -0.2) is 0 Å². The Morgan fingerprint density at radius 2 is 1.75 bits per heavy atom. The lowest BCUT2D eigenvalue weighted by Gasteiger charge is -2.15. The molecule has 1 aromatic heterocycles. The Hall–Kier alpha value is -3.29. The van der Waals surface area contributed by atoms with Crippen LogP contribution in [0.4, 0.5) is 13.2 Å². The number of aryl methyl sites for hydroxylation is 2. The number of esters is 1. The summed E-state index contributed by atoms with van der Waals surface area (Å²) in [5.74, 6) is -3.22. The number of ether oxygens (including phenoxy) is 2. The van der Waals surface area contributed by atoms with Crippen molar-refractivity contribution in [3.8, 4) is 17.2 Å². The number of halogens is 3. The van der Waals surface area contributed by atoms with E-state index in [0.717, 1.165) is 11.6 Å². The van der Waals surface area contributed by atoms with E-state index < -0.39 is 29.1 Å². The van der Waals surface area contributed by atoms with Crippen molar-refractivity contribution >= 4 is 16.9 Å². The molecule has 0 amide bonds. The third kappa shape index (κ3) is 4.79. The Morgan fingerprint density at radius 1 is 1.06 bits per heavy atom. The van der Waals surface area contributed by atoms with Crippen LogP contribution in [0.25, 0.3) is 11.0 Å². The third-order valence-corrected chi connectivity index (χ3v) is 5.17. The molecule has 8 heteroatoms. The van der Waals surface area contributed by atoms with E-state index in [-0.39, 0.29) is 28.4 Å². The van der Waals surface area contributed by atoms with Crippen molar-refractivity contribution in [2.45, 2.75) is 46.7 Å². The largest absolute Gasteiger partial charge is 0.453 e. The highest BCUT2D eigenvalue weighted by atomic mass is 19.4. The molecule has 3 aromatic rings. The van der Waals surface area contributed by atoms with E-state index in [9.17, 15) is 22.8 Å². The number of carbonyl (C=O) groups is 1. The molecule has 0 fully saturated rings. The maximum atomic E-state index is 13.7. The summed E-state index contributed by atoms with van der Waals surface area (Å²) in [6.45, 7) is 7.08. The van der Waals surface area contributed by atoms with Crippen LogP contribution in [-0.4, -0.2) is 5.97 Å². The van der Waals surface area contributed by atoms with Crippen molar-refractivity contribution in [1.82, 2.24) is 0 Å². The van der Waals surface area contributed by atoms with Gasteiger partial charge in [0.05, 0.1) is 11.3 Å². The second kappa shape index (κ2) is 9.06. The van der Waals surface area contributed by atoms with Crippen LogP contribution in [0.5, 0.6) is 17.2 Å². The highest BCUT2D eigenvalue weighted by Crippen LogP contribution is 2.39. The second-order valence-electron chi connectivity index (χ2n) is 7.55. The molecule has 0 atom stereocenters. The third-order valence-electron chi connectivity index (χ3n) is 5.17. The van der Waals surface area contributed by atoms with Gasteiger partial charge in [0.15, 0.2) is 0 Å². The number of hydrogen-bond donors (Lipinski definition) is 0. The number of hydrogen-bond acceptors (Lipinski definition) is 5. The highest BCUT2D eigenvalue weighted by Gasteiger charge is 2.40. The molecule has 1 heterocycles. The van der Waals surface area contributed by atoms with Crippen LogP contribution in [0.3, 0.4) is 0 Å². The Bertz CT molecular complexity index is 1210. The zero-order chi connectivity index (χ0) is 23.6. The van der Waals surface area contributed by atoms with Crippen LogP contribution < -0.4 is 14.9 Å². The van der Waals surface area contributed by atoms with Crippen molar-refractivity contribution in [2.24, 2.45) is 5.92 Å². The molecule has 0 aliphatic rings. The fourth-order valence-corrected chi connectivity index (χ4v) is 3.25. The Labute approximate surface area is 182 Å². The zero-order valence-corrected chi connectivity index (χ0v) is 18.1. The van der Waals surface area contributed by atoms with E-state index in [1.54, 1.807) is 32.0 Å². The summed E-state index contributed by atoms with van der Waals surface area (Å²) in [6.07, 6.45) is -3.85. The summed E-state index contributed by atoms with van der Waals surface area (Å²) >= 11 is 0. The van der Waals surface area contributed by atoms with Gasteiger partial charge in [0.2, 0.25) is 11.2 Å². The van der Waals surface area contributed by atoms with E-state index in [1.165, 1.54) is 12.1 Å². The van der Waals surface area contributed by atoms with Gasteiger partial charge >= 0.3 is 12.1 Å². The maximum absolute atomic E-state index is 13.7. The van der Waals surface area contributed by atoms with Crippen LogP contribution in [0, 0.1) is 19.8 Å². The highest BCUT2D eigenvalue weighted by molar-refractivity contribution is 5.82. The molecule has 0 N–H and O–H groups in total. The molecule has 0 radical (unpaired) electrons. The van der Waals surface area contributed by atoms with Gasteiger partial charge in [-0.3, -0.25) is 9.59 Å². The average Bonchev–Trinajstić information content (AvgIpc) is 2.72. The van der Waals surface area contributed by atoms with Crippen LogP contribution in [0.2, 0.25) is 0 Å². The molecule has 3 rings (SSSR count). The molecule has 0 bridgehead atoms. The van der Waals surface area contributed by atoms with E-state index >= 15 is 0 Å². The molecular formula is C24H23F3O5. The minimum absolute atomic E-state index is 0.00567. The van der Waals surface area contributed by atoms with Gasteiger partial charge in [-0.05, 0) is 56.0 Å². The zero-order valence-electron chi connectivity index (χ0n) is 18.1. The average molecular weight is 448 g/mol. The van der Waals surface area contributed by atoms with Gasteiger partial charge in [0.25, 0.3) is 5.76 Å². The minimum Gasteiger partial charge on any atom is -0.449 e. The topological polar surface area (TPSA) is 65.7 Å². The normalized spacial score (nSPS) is 11.8. The first-order valence-electron chi connectivity index (χ1n) is 10.2. The molecular weight excluding hydrogens is 425 g/mol. The van der Waals surface area contributed by atoms with Gasteiger partial charge in [0.1, 0.15) is 17.1 Å². The number of benzene rings is 2. The lowest BCUT2D eigenvalue weighted by atomic mass is 10.0. The Balaban J connectivity index is 2.11. The lowest BCUT2D eigenvalue weighted by Crippen LogP contribution is -2.19. The number of carbonyl (C=O) groups excluding carboxylic acids is 1. The van der Waals surface area contributed by atoms with Gasteiger partial charge in [-0.1, -0.05) is 26.0 Å². The molecule has 170 valence electrons. The number of fused-ring (bicyclic) bond motifs is 1. The van der Waals surface area contributed by atoms with Crippen molar-refractivity contribution in [3.05, 3.63) is 63.5 Å². The summed E-state index contributed by atoms with van der Waals surface area (Å²) in [7, 11) is 0. The van der Waals surface area contributed by atoms with Crippen LogP contribution in [0.15, 0.2) is 45.6 Å². The molecule has 32 heavy (non-hydrogen) atoms. The Kier molecular flexibility index (Phi) is 6.62. The summed E-state index contributed by atoms with van der Waals surface area (Å²) in [5, 5.41) is -0.124. The lowest BCUT2D eigenvalue weighted by molar-refractivity contribution is -0.154. The van der Waals surface area contributed by atoms with E-state index in [1.807, 2.05) is 13.8 Å². The predicted octanol–water partition coefficient (Wildman–Crippen LogP) is 6.56. The van der Waals surface area contributed by atoms with Crippen LogP contribution in [-0.2, 0) is 11.0 Å². The summed E-state index contributed by atoms with van der Waals surface area (Å²) in [6, 6.07) is 8.70. The first-order chi connectivity index (χ1) is 15.0. The van der Waals surface area contributed by atoms with Gasteiger partial charge in [-0.15, -0.1) is 0 Å². The smallest absolute Gasteiger partial charge is 0.449 e. The SMILES string of the molecule is CCC(CC)C(=O)Oc1ccc2c(=O)c(Oc3cc(C)ccc3C)c(C(F)(F)F)oc2c1. The number of rotatable bonds is 6. The molecule has 0 saturated carbocycles. The molecule has 0 saturated heterocycles. The molecule has 0 aliphatic heterocycles. The van der Waals surface area contributed by atoms with Crippen molar-refractivity contribution in [3.63, 3.8) is 0 Å². The minimum atomic E-state index is -4.98. The van der Waals surface area contributed by atoms with Gasteiger partial charge in [0, 0.05) is 6.07 Å². The van der Waals surface area contributed by atoms with Gasteiger partial charge < -0.3 is 13.9 Å². The van der Waals surface area contributed by atoms with E-state index in [4.69, 9.17) is 13.9 Å². The van der Waals surface area contributed by atoms with Crippen molar-refractivity contribution < 1.29 is 31.9 Å². The van der Waals surface area contributed by atoms with Crippen molar-refractivity contribution in [1.29, 1.82) is 0 Å². The number of alkyl halides is 3. The quantitative estimate of drug-likeness (QED) is 0.316. The standard InChI is InChI=1S/C24H23F3O5/c1-5-15(6-2)23(29)30-16-9-10-17-19(12-16)32-22(24(25,26)27)21(20(17)28)31-18-11-13(3)7-8-14(18)4/h7-12,15H,5-6H2,1-4H3. The molecule has 0 spiro atoms. The predicted molar refractivity (Wildman–Crippen MR) is 113 cm³/mol. The van der Waals surface area contributed by atoms with Crippen LogP contribution in [0.1, 0.15) is 43.6 Å². The fourth-order valence-electron chi connectivity index (χ4n) is 3.25. The van der Waals surface area contributed by atoms with E-state index in [0.29, 0.717) is 18.4 Å². The first-order valence-corrected chi connectivity index (χ1v) is 10.2. The summed E-state index contributed by atoms with van der Waals surface area (Å²) in [5.41, 5.74) is -0.0111. The Morgan fingerprint density at radius 3 is 2.38 bits per heavy atom.